The number of hydrogen-bond donors (Lipinski definition) is 1. The Morgan fingerprint density at radius 3 is 2.62 bits per heavy atom. The molecule has 1 aromatic heterocycles. The standard InChI is InChI=1S/C14H22N2/c1-11-8-14(11,10-16-13(2,3)4)12-6-5-7-15-9-12/h5-7,9,11,16H,8,10H2,1-4H3. The van der Waals surface area contributed by atoms with Crippen molar-refractivity contribution in [2.24, 2.45) is 5.92 Å². The Morgan fingerprint density at radius 1 is 1.50 bits per heavy atom. The molecular formula is C14H22N2. The van der Waals surface area contributed by atoms with Gasteiger partial charge in [-0.2, -0.15) is 0 Å². The lowest BCUT2D eigenvalue weighted by molar-refractivity contribution is 0.391. The van der Waals surface area contributed by atoms with Crippen molar-refractivity contribution in [2.75, 3.05) is 6.54 Å². The molecule has 2 rings (SSSR count). The van der Waals surface area contributed by atoms with Crippen LogP contribution in [0.5, 0.6) is 0 Å². The van der Waals surface area contributed by atoms with Crippen LogP contribution in [-0.4, -0.2) is 17.1 Å². The van der Waals surface area contributed by atoms with Crippen LogP contribution in [-0.2, 0) is 5.41 Å². The van der Waals surface area contributed by atoms with Gasteiger partial charge in [-0.25, -0.2) is 0 Å². The Kier molecular flexibility index (Phi) is 2.79. The van der Waals surface area contributed by atoms with Gasteiger partial charge in [0.05, 0.1) is 0 Å². The lowest BCUT2D eigenvalue weighted by atomic mass is 9.93. The zero-order valence-corrected chi connectivity index (χ0v) is 10.7. The van der Waals surface area contributed by atoms with Gasteiger partial charge in [-0.1, -0.05) is 13.0 Å². The molecule has 1 saturated carbocycles. The van der Waals surface area contributed by atoms with Crippen molar-refractivity contribution in [2.45, 2.75) is 45.1 Å². The van der Waals surface area contributed by atoms with Crippen molar-refractivity contribution in [1.29, 1.82) is 0 Å². The molecule has 0 radical (unpaired) electrons. The normalized spacial score (nSPS) is 29.1. The van der Waals surface area contributed by atoms with Crippen LogP contribution in [0.3, 0.4) is 0 Å². The molecular weight excluding hydrogens is 196 g/mol. The molecule has 2 unspecified atom stereocenters. The Morgan fingerprint density at radius 2 is 2.19 bits per heavy atom. The van der Waals surface area contributed by atoms with Crippen molar-refractivity contribution in [3.05, 3.63) is 30.1 Å². The van der Waals surface area contributed by atoms with Crippen molar-refractivity contribution in [3.8, 4) is 0 Å². The summed E-state index contributed by atoms with van der Waals surface area (Å²) in [6.45, 7) is 10.0. The van der Waals surface area contributed by atoms with Crippen molar-refractivity contribution < 1.29 is 0 Å². The summed E-state index contributed by atoms with van der Waals surface area (Å²) in [7, 11) is 0. The fourth-order valence-corrected chi connectivity index (χ4v) is 2.32. The largest absolute Gasteiger partial charge is 0.311 e. The van der Waals surface area contributed by atoms with Crippen molar-refractivity contribution >= 4 is 0 Å². The second-order valence-electron chi connectivity index (χ2n) is 6.11. The van der Waals surface area contributed by atoms with Crippen LogP contribution in [0.4, 0.5) is 0 Å². The fraction of sp³-hybridized carbons (Fsp3) is 0.643. The summed E-state index contributed by atoms with van der Waals surface area (Å²) in [6.07, 6.45) is 5.15. The maximum Gasteiger partial charge on any atom is 0.0306 e. The number of aromatic nitrogens is 1. The monoisotopic (exact) mass is 218 g/mol. The van der Waals surface area contributed by atoms with Crippen molar-refractivity contribution in [3.63, 3.8) is 0 Å². The molecule has 0 aromatic carbocycles. The van der Waals surface area contributed by atoms with Crippen LogP contribution in [0.15, 0.2) is 24.5 Å². The average Bonchev–Trinajstić information content (AvgIpc) is 2.89. The molecule has 2 atom stereocenters. The van der Waals surface area contributed by atoms with Gasteiger partial charge < -0.3 is 5.32 Å². The zero-order chi connectivity index (χ0) is 11.8. The third kappa shape index (κ3) is 2.27. The summed E-state index contributed by atoms with van der Waals surface area (Å²) in [5.74, 6) is 0.770. The predicted octanol–water partition coefficient (Wildman–Crippen LogP) is 2.75. The van der Waals surface area contributed by atoms with Crippen LogP contribution in [0, 0.1) is 5.92 Å². The maximum atomic E-state index is 4.24. The zero-order valence-electron chi connectivity index (χ0n) is 10.7. The van der Waals surface area contributed by atoms with E-state index in [4.69, 9.17) is 0 Å². The van der Waals surface area contributed by atoms with Crippen LogP contribution < -0.4 is 5.32 Å². The van der Waals surface area contributed by atoms with Gasteiger partial charge in [0.25, 0.3) is 0 Å². The molecule has 0 aliphatic heterocycles. The highest BCUT2D eigenvalue weighted by Crippen LogP contribution is 2.53. The van der Waals surface area contributed by atoms with Gasteiger partial charge in [0.1, 0.15) is 0 Å². The van der Waals surface area contributed by atoms with Gasteiger partial charge in [0, 0.05) is 29.9 Å². The first kappa shape index (κ1) is 11.6. The summed E-state index contributed by atoms with van der Waals surface area (Å²) in [5.41, 5.74) is 1.92. The molecule has 2 heteroatoms. The highest BCUT2D eigenvalue weighted by atomic mass is 15.0. The first-order chi connectivity index (χ1) is 7.44. The van der Waals surface area contributed by atoms with E-state index < -0.39 is 0 Å². The lowest BCUT2D eigenvalue weighted by Gasteiger charge is -2.26. The number of nitrogens with zero attached hydrogens (tertiary/aromatic N) is 1. The summed E-state index contributed by atoms with van der Waals surface area (Å²) >= 11 is 0. The predicted molar refractivity (Wildman–Crippen MR) is 67.5 cm³/mol. The molecule has 0 amide bonds. The molecule has 16 heavy (non-hydrogen) atoms. The lowest BCUT2D eigenvalue weighted by Crippen LogP contribution is -2.41. The van der Waals surface area contributed by atoms with Gasteiger partial charge in [0.15, 0.2) is 0 Å². The van der Waals surface area contributed by atoms with E-state index in [1.807, 2.05) is 18.5 Å². The van der Waals surface area contributed by atoms with Gasteiger partial charge in [-0.15, -0.1) is 0 Å². The van der Waals surface area contributed by atoms with Crippen LogP contribution in [0.2, 0.25) is 0 Å². The van der Waals surface area contributed by atoms with Gasteiger partial charge in [-0.3, -0.25) is 4.98 Å². The topological polar surface area (TPSA) is 24.9 Å². The summed E-state index contributed by atoms with van der Waals surface area (Å²) in [6, 6.07) is 4.25. The van der Waals surface area contributed by atoms with E-state index >= 15 is 0 Å². The van der Waals surface area contributed by atoms with Crippen LogP contribution in [0.1, 0.15) is 39.7 Å². The Bertz CT molecular complexity index is 353. The van der Waals surface area contributed by atoms with Crippen LogP contribution >= 0.6 is 0 Å². The molecule has 1 aliphatic carbocycles. The second-order valence-corrected chi connectivity index (χ2v) is 6.11. The molecule has 0 bridgehead atoms. The molecule has 88 valence electrons. The summed E-state index contributed by atoms with van der Waals surface area (Å²) < 4.78 is 0. The smallest absolute Gasteiger partial charge is 0.0306 e. The SMILES string of the molecule is CC1CC1(CNC(C)(C)C)c1cccnc1. The molecule has 0 saturated heterocycles. The molecule has 0 spiro atoms. The Labute approximate surface area is 98.5 Å². The molecule has 1 aromatic rings. The number of nitrogens with one attached hydrogen (secondary N) is 1. The minimum absolute atomic E-state index is 0.192. The minimum Gasteiger partial charge on any atom is -0.311 e. The first-order valence-electron chi connectivity index (χ1n) is 6.10. The molecule has 1 aliphatic rings. The minimum atomic E-state index is 0.192. The number of hydrogen-bond acceptors (Lipinski definition) is 2. The molecule has 1 N–H and O–H groups in total. The third-order valence-corrected chi connectivity index (χ3v) is 3.62. The van der Waals surface area contributed by atoms with Gasteiger partial charge in [0.2, 0.25) is 0 Å². The summed E-state index contributed by atoms with van der Waals surface area (Å²) in [4.78, 5) is 4.24. The van der Waals surface area contributed by atoms with Crippen LogP contribution in [0.25, 0.3) is 0 Å². The maximum absolute atomic E-state index is 4.24. The average molecular weight is 218 g/mol. The number of rotatable bonds is 3. The van der Waals surface area contributed by atoms with Gasteiger partial charge >= 0.3 is 0 Å². The fourth-order valence-electron chi connectivity index (χ4n) is 2.32. The summed E-state index contributed by atoms with van der Waals surface area (Å²) in [5, 5.41) is 3.63. The molecule has 1 fully saturated rings. The van der Waals surface area contributed by atoms with Gasteiger partial charge in [-0.05, 0) is 44.7 Å². The Hall–Kier alpha value is -0.890. The van der Waals surface area contributed by atoms with E-state index in [0.29, 0.717) is 5.41 Å². The highest BCUT2D eigenvalue weighted by molar-refractivity contribution is 5.31. The van der Waals surface area contributed by atoms with E-state index in [0.717, 1.165) is 12.5 Å². The molecule has 1 heterocycles. The van der Waals surface area contributed by atoms with E-state index in [-0.39, 0.29) is 5.54 Å². The Balaban J connectivity index is 2.10. The van der Waals surface area contributed by atoms with E-state index in [1.54, 1.807) is 0 Å². The van der Waals surface area contributed by atoms with Crippen molar-refractivity contribution in [1.82, 2.24) is 10.3 Å². The van der Waals surface area contributed by atoms with E-state index in [9.17, 15) is 0 Å². The first-order valence-corrected chi connectivity index (χ1v) is 6.10. The number of pyridine rings is 1. The van der Waals surface area contributed by atoms with E-state index in [1.165, 1.54) is 12.0 Å². The second kappa shape index (κ2) is 3.85. The van der Waals surface area contributed by atoms with E-state index in [2.05, 4.69) is 44.1 Å². The quantitative estimate of drug-likeness (QED) is 0.844. The molecule has 2 nitrogen and oxygen atoms in total. The highest BCUT2D eigenvalue weighted by Gasteiger charge is 2.52. The third-order valence-electron chi connectivity index (χ3n) is 3.62.